The number of aromatic carboxylic acids is 1. The van der Waals surface area contributed by atoms with E-state index in [9.17, 15) is 19.6 Å². The lowest BCUT2D eigenvalue weighted by atomic mass is 9.89. The second-order valence-electron chi connectivity index (χ2n) is 7.03. The standard InChI is InChI=1S/C20H22NO5P/c1-19(16-9-5-8-15(10-16)18(22)23)13-26-17(12-21-19)20(24,27-25)11-14-6-3-2-4-7-14/h2-10,17,21,24H,11-13H2,1H3,(H,22,23)/t17-,19+,20?/m1/s1. The summed E-state index contributed by atoms with van der Waals surface area (Å²) in [5.41, 5.74) is 1.26. The van der Waals surface area contributed by atoms with Crippen LogP contribution in [0.3, 0.4) is 0 Å². The van der Waals surface area contributed by atoms with Crippen LogP contribution >= 0.6 is 8.46 Å². The molecule has 1 fully saturated rings. The molecule has 2 aromatic carbocycles. The lowest BCUT2D eigenvalue weighted by molar-refractivity contribution is -0.103. The number of aliphatic hydroxyl groups is 1. The third kappa shape index (κ3) is 4.25. The molecule has 0 aromatic heterocycles. The first-order valence-electron chi connectivity index (χ1n) is 8.68. The molecule has 0 spiro atoms. The highest BCUT2D eigenvalue weighted by Gasteiger charge is 2.44. The van der Waals surface area contributed by atoms with Crippen molar-refractivity contribution in [3.63, 3.8) is 0 Å². The average molecular weight is 387 g/mol. The number of morpholine rings is 1. The quantitative estimate of drug-likeness (QED) is 0.660. The zero-order valence-corrected chi connectivity index (χ0v) is 15.9. The number of carboxylic acid groups (broad SMARTS) is 1. The lowest BCUT2D eigenvalue weighted by Gasteiger charge is -2.42. The van der Waals surface area contributed by atoms with Gasteiger partial charge >= 0.3 is 5.97 Å². The molecule has 0 amide bonds. The Kier molecular flexibility index (Phi) is 5.72. The summed E-state index contributed by atoms with van der Waals surface area (Å²) in [5.74, 6) is -0.988. The Hall–Kier alpha value is -2.11. The monoisotopic (exact) mass is 387 g/mol. The van der Waals surface area contributed by atoms with E-state index in [1.807, 2.05) is 43.3 Å². The number of nitrogens with one attached hydrogen (secondary N) is 1. The Morgan fingerprint density at radius 2 is 2.04 bits per heavy atom. The normalized spacial score (nSPS) is 25.0. The Morgan fingerprint density at radius 3 is 2.63 bits per heavy atom. The maximum Gasteiger partial charge on any atom is 0.335 e. The van der Waals surface area contributed by atoms with Crippen LogP contribution in [0.2, 0.25) is 0 Å². The predicted octanol–water partition coefficient (Wildman–Crippen LogP) is 2.81. The van der Waals surface area contributed by atoms with Gasteiger partial charge in [0, 0.05) is 13.0 Å². The number of hydrogen-bond donors (Lipinski definition) is 3. The molecule has 2 aromatic rings. The molecule has 7 heteroatoms. The third-order valence-corrected chi connectivity index (χ3v) is 5.74. The van der Waals surface area contributed by atoms with E-state index in [2.05, 4.69) is 5.32 Å². The largest absolute Gasteiger partial charge is 0.478 e. The van der Waals surface area contributed by atoms with Gasteiger partial charge in [0.25, 0.3) is 0 Å². The van der Waals surface area contributed by atoms with Gasteiger partial charge in [0.1, 0.15) is 6.10 Å². The summed E-state index contributed by atoms with van der Waals surface area (Å²) in [6.07, 6.45) is -0.455. The molecule has 142 valence electrons. The first kappa shape index (κ1) is 19.6. The van der Waals surface area contributed by atoms with E-state index < -0.39 is 31.4 Å². The van der Waals surface area contributed by atoms with Crippen molar-refractivity contribution in [1.29, 1.82) is 0 Å². The van der Waals surface area contributed by atoms with E-state index in [0.29, 0.717) is 0 Å². The van der Waals surface area contributed by atoms with Gasteiger partial charge in [-0.25, -0.2) is 4.79 Å². The van der Waals surface area contributed by atoms with Gasteiger partial charge in [-0.2, -0.15) is 0 Å². The van der Waals surface area contributed by atoms with Gasteiger partial charge in [-0.1, -0.05) is 42.5 Å². The van der Waals surface area contributed by atoms with Gasteiger partial charge in [-0.05, 0) is 30.2 Å². The smallest absolute Gasteiger partial charge is 0.335 e. The zero-order chi connectivity index (χ0) is 19.5. The van der Waals surface area contributed by atoms with Crippen LogP contribution in [0, 0.1) is 0 Å². The number of ether oxygens (including phenoxy) is 1. The summed E-state index contributed by atoms with van der Waals surface area (Å²) in [5, 5.41) is 21.9. The molecule has 0 saturated carbocycles. The lowest BCUT2D eigenvalue weighted by Crippen LogP contribution is -2.59. The van der Waals surface area contributed by atoms with Crippen molar-refractivity contribution in [3.05, 3.63) is 71.3 Å². The maximum absolute atomic E-state index is 11.8. The molecule has 1 heterocycles. The summed E-state index contributed by atoms with van der Waals surface area (Å²) in [6.45, 7) is 2.41. The molecule has 0 aliphatic carbocycles. The molecule has 1 saturated heterocycles. The fraction of sp³-hybridized carbons (Fsp3) is 0.350. The van der Waals surface area contributed by atoms with Gasteiger partial charge in [-0.3, -0.25) is 4.57 Å². The fourth-order valence-corrected chi connectivity index (χ4v) is 3.80. The summed E-state index contributed by atoms with van der Waals surface area (Å²) in [4.78, 5) is 11.2. The van der Waals surface area contributed by atoms with Crippen LogP contribution in [0.5, 0.6) is 0 Å². The highest BCUT2D eigenvalue weighted by Crippen LogP contribution is 2.35. The van der Waals surface area contributed by atoms with Crippen molar-refractivity contribution < 1.29 is 24.3 Å². The minimum Gasteiger partial charge on any atom is -0.478 e. The van der Waals surface area contributed by atoms with Gasteiger partial charge in [0.15, 0.2) is 13.8 Å². The van der Waals surface area contributed by atoms with Crippen molar-refractivity contribution in [2.24, 2.45) is 0 Å². The summed E-state index contributed by atoms with van der Waals surface area (Å²) in [7, 11) is -0.399. The topological polar surface area (TPSA) is 95.9 Å². The first-order valence-corrected chi connectivity index (χ1v) is 9.49. The van der Waals surface area contributed by atoms with Crippen molar-refractivity contribution in [2.75, 3.05) is 13.2 Å². The second kappa shape index (κ2) is 7.87. The van der Waals surface area contributed by atoms with Crippen molar-refractivity contribution in [2.45, 2.75) is 30.3 Å². The highest BCUT2D eigenvalue weighted by molar-refractivity contribution is 7.25. The molecule has 1 aliphatic rings. The van der Waals surface area contributed by atoms with E-state index in [0.717, 1.165) is 11.1 Å². The van der Waals surface area contributed by atoms with E-state index in [1.165, 1.54) is 6.07 Å². The molecule has 3 N–H and O–H groups in total. The van der Waals surface area contributed by atoms with Crippen LogP contribution in [0.1, 0.15) is 28.4 Å². The fourth-order valence-electron chi connectivity index (χ4n) is 3.27. The Bertz CT molecular complexity index is 820. The average Bonchev–Trinajstić information content (AvgIpc) is 2.69. The third-order valence-electron chi connectivity index (χ3n) is 4.98. The minimum absolute atomic E-state index is 0.205. The van der Waals surface area contributed by atoms with Gasteiger partial charge in [-0.15, -0.1) is 0 Å². The van der Waals surface area contributed by atoms with E-state index in [-0.39, 0.29) is 25.1 Å². The van der Waals surface area contributed by atoms with Gasteiger partial charge < -0.3 is 20.3 Å². The minimum atomic E-state index is -1.54. The Labute approximate surface area is 159 Å². The highest BCUT2D eigenvalue weighted by atomic mass is 31.1. The van der Waals surface area contributed by atoms with Crippen molar-refractivity contribution >= 4 is 14.4 Å². The SMILES string of the molecule is C[C@@]1(c2cccc(C(=O)O)c2)CO[C@@H](C(O)(Cc2ccccc2)P=O)CN1. The molecule has 1 aliphatic heterocycles. The molecular weight excluding hydrogens is 365 g/mol. The van der Waals surface area contributed by atoms with E-state index >= 15 is 0 Å². The van der Waals surface area contributed by atoms with Crippen LogP contribution in [-0.4, -0.2) is 40.8 Å². The molecule has 6 nitrogen and oxygen atoms in total. The number of carbonyl (C=O) groups is 1. The van der Waals surface area contributed by atoms with Crippen LogP contribution in [0.25, 0.3) is 0 Å². The molecular formula is C20H22NO5P. The van der Waals surface area contributed by atoms with E-state index in [1.54, 1.807) is 12.1 Å². The second-order valence-corrected chi connectivity index (χ2v) is 7.99. The van der Waals surface area contributed by atoms with Gasteiger partial charge in [0.2, 0.25) is 0 Å². The molecule has 27 heavy (non-hydrogen) atoms. The number of hydrogen-bond acceptors (Lipinski definition) is 5. The summed E-state index contributed by atoms with van der Waals surface area (Å²) in [6, 6.07) is 16.0. The Morgan fingerprint density at radius 1 is 1.30 bits per heavy atom. The maximum atomic E-state index is 11.8. The van der Waals surface area contributed by atoms with Gasteiger partial charge in [0.05, 0.1) is 17.7 Å². The van der Waals surface area contributed by atoms with Crippen molar-refractivity contribution in [1.82, 2.24) is 5.32 Å². The molecule has 3 atom stereocenters. The number of carboxylic acids is 1. The van der Waals surface area contributed by atoms with Crippen LogP contribution in [0.4, 0.5) is 0 Å². The van der Waals surface area contributed by atoms with Crippen LogP contribution in [0.15, 0.2) is 54.6 Å². The van der Waals surface area contributed by atoms with Crippen molar-refractivity contribution in [3.8, 4) is 0 Å². The molecule has 1 unspecified atom stereocenters. The predicted molar refractivity (Wildman–Crippen MR) is 101 cm³/mol. The van der Waals surface area contributed by atoms with Crippen LogP contribution in [-0.2, 0) is 21.3 Å². The number of benzene rings is 2. The summed E-state index contributed by atoms with van der Waals surface area (Å²) >= 11 is 0. The zero-order valence-electron chi connectivity index (χ0n) is 15.0. The molecule has 0 radical (unpaired) electrons. The van der Waals surface area contributed by atoms with E-state index in [4.69, 9.17) is 4.74 Å². The van der Waals surface area contributed by atoms with Crippen LogP contribution < -0.4 is 5.32 Å². The Balaban J connectivity index is 1.74. The molecule has 0 bridgehead atoms. The first-order chi connectivity index (χ1) is 12.9. The summed E-state index contributed by atoms with van der Waals surface area (Å²) < 4.78 is 17.7. The number of rotatable bonds is 6. The molecule has 3 rings (SSSR count).